The lowest BCUT2D eigenvalue weighted by molar-refractivity contribution is -0.385. The van der Waals surface area contributed by atoms with Crippen LogP contribution in [0.3, 0.4) is 0 Å². The normalized spacial score (nSPS) is 12.8. The molecule has 23 heavy (non-hydrogen) atoms. The summed E-state index contributed by atoms with van der Waals surface area (Å²) in [5.41, 5.74) is 0.356. The van der Waals surface area contributed by atoms with E-state index in [-0.39, 0.29) is 5.56 Å². The molecule has 0 atom stereocenters. The molecular weight excluding hydrogens is 300 g/mol. The molecule has 116 valence electrons. The largest absolute Gasteiger partial charge is 0.477 e. The van der Waals surface area contributed by atoms with Crippen LogP contribution in [0.1, 0.15) is 26.3 Å². The topological polar surface area (TPSA) is 101 Å². The zero-order valence-corrected chi connectivity index (χ0v) is 11.9. The summed E-state index contributed by atoms with van der Waals surface area (Å²) in [4.78, 5) is 35.9. The summed E-state index contributed by atoms with van der Waals surface area (Å²) < 4.78 is 0. The number of benzene rings is 2. The molecule has 2 aromatic carbocycles. The van der Waals surface area contributed by atoms with E-state index in [0.717, 1.165) is 11.6 Å². The number of nitrogens with zero attached hydrogens (tertiary/aromatic N) is 2. The molecule has 1 N–H and O–H groups in total. The highest BCUT2D eigenvalue weighted by Gasteiger charge is 2.32. The second kappa shape index (κ2) is 5.53. The van der Waals surface area contributed by atoms with E-state index in [0.29, 0.717) is 18.7 Å². The van der Waals surface area contributed by atoms with Gasteiger partial charge in [0.25, 0.3) is 11.6 Å². The van der Waals surface area contributed by atoms with Crippen LogP contribution in [0.2, 0.25) is 0 Å². The third-order valence-corrected chi connectivity index (χ3v) is 3.82. The van der Waals surface area contributed by atoms with E-state index >= 15 is 0 Å². The van der Waals surface area contributed by atoms with Crippen molar-refractivity contribution < 1.29 is 19.6 Å². The molecule has 1 amide bonds. The van der Waals surface area contributed by atoms with Crippen molar-refractivity contribution in [2.75, 3.05) is 11.4 Å². The van der Waals surface area contributed by atoms with Gasteiger partial charge < -0.3 is 10.0 Å². The molecule has 0 unspecified atom stereocenters. The van der Waals surface area contributed by atoms with E-state index in [1.807, 2.05) is 12.1 Å². The van der Waals surface area contributed by atoms with Crippen LogP contribution < -0.4 is 4.90 Å². The van der Waals surface area contributed by atoms with Crippen LogP contribution in [-0.2, 0) is 6.42 Å². The molecular formula is C16H12N2O5. The minimum absolute atomic E-state index is 0.177. The fraction of sp³-hybridized carbons (Fsp3) is 0.125. The third kappa shape index (κ3) is 2.42. The summed E-state index contributed by atoms with van der Waals surface area (Å²) >= 11 is 0. The number of carboxylic acid groups (broad SMARTS) is 1. The molecule has 1 aliphatic rings. The number of nitro benzene ring substituents is 1. The zero-order chi connectivity index (χ0) is 16.6. The lowest BCUT2D eigenvalue weighted by atomic mass is 10.0. The number of rotatable bonds is 3. The second-order valence-corrected chi connectivity index (χ2v) is 5.10. The maximum atomic E-state index is 12.7. The first kappa shape index (κ1) is 14.7. The van der Waals surface area contributed by atoms with Crippen molar-refractivity contribution in [2.24, 2.45) is 0 Å². The average molecular weight is 312 g/mol. The summed E-state index contributed by atoms with van der Waals surface area (Å²) in [7, 11) is 0. The monoisotopic (exact) mass is 312 g/mol. The lowest BCUT2D eigenvalue weighted by Crippen LogP contribution is -2.30. The van der Waals surface area contributed by atoms with Gasteiger partial charge in [0.2, 0.25) is 0 Å². The smallest absolute Gasteiger partial charge is 0.343 e. The van der Waals surface area contributed by atoms with E-state index in [4.69, 9.17) is 0 Å². The second-order valence-electron chi connectivity index (χ2n) is 5.10. The van der Waals surface area contributed by atoms with Crippen molar-refractivity contribution in [1.82, 2.24) is 0 Å². The first-order valence-corrected chi connectivity index (χ1v) is 6.91. The van der Waals surface area contributed by atoms with Gasteiger partial charge in [-0.1, -0.05) is 24.3 Å². The minimum atomic E-state index is -1.49. The standard InChI is InChI=1S/C16H12N2O5/c19-15(17-9-8-10-4-1-2-6-12(10)17)11-5-3-7-13(18(22)23)14(11)16(20)21/h1-7H,8-9H2,(H,20,21). The van der Waals surface area contributed by atoms with Crippen molar-refractivity contribution in [3.63, 3.8) is 0 Å². The molecule has 1 aliphatic heterocycles. The van der Waals surface area contributed by atoms with Gasteiger partial charge in [0.15, 0.2) is 0 Å². The number of hydrogen-bond donors (Lipinski definition) is 1. The molecule has 0 fully saturated rings. The quantitative estimate of drug-likeness (QED) is 0.693. The molecule has 2 aromatic rings. The Bertz CT molecular complexity index is 831. The van der Waals surface area contributed by atoms with Gasteiger partial charge >= 0.3 is 5.97 Å². The van der Waals surface area contributed by atoms with Gasteiger partial charge in [0.1, 0.15) is 5.56 Å². The number of para-hydroxylation sites is 1. The highest BCUT2D eigenvalue weighted by molar-refractivity contribution is 6.14. The van der Waals surface area contributed by atoms with Crippen LogP contribution in [0.15, 0.2) is 42.5 Å². The van der Waals surface area contributed by atoms with Crippen LogP contribution in [0.25, 0.3) is 0 Å². The van der Waals surface area contributed by atoms with Crippen LogP contribution in [0.4, 0.5) is 11.4 Å². The molecule has 7 nitrogen and oxygen atoms in total. The van der Waals surface area contributed by atoms with Gasteiger partial charge in [0, 0.05) is 18.3 Å². The predicted molar refractivity (Wildman–Crippen MR) is 81.9 cm³/mol. The number of anilines is 1. The van der Waals surface area contributed by atoms with Gasteiger partial charge in [-0.25, -0.2) is 4.79 Å². The van der Waals surface area contributed by atoms with Crippen molar-refractivity contribution in [1.29, 1.82) is 0 Å². The molecule has 0 saturated heterocycles. The summed E-state index contributed by atoms with van der Waals surface area (Å²) in [6, 6.07) is 11.0. The predicted octanol–water partition coefficient (Wildman–Crippen LogP) is 2.50. The highest BCUT2D eigenvalue weighted by Crippen LogP contribution is 2.31. The van der Waals surface area contributed by atoms with Crippen LogP contribution in [0.5, 0.6) is 0 Å². The van der Waals surface area contributed by atoms with Gasteiger partial charge in [-0.2, -0.15) is 0 Å². The number of amides is 1. The Morgan fingerprint density at radius 3 is 2.57 bits per heavy atom. The molecule has 0 aromatic heterocycles. The number of carboxylic acids is 1. The molecule has 3 rings (SSSR count). The molecule has 1 heterocycles. The zero-order valence-electron chi connectivity index (χ0n) is 11.9. The van der Waals surface area contributed by atoms with E-state index < -0.39 is 28.1 Å². The molecule has 0 spiro atoms. The molecule has 0 bridgehead atoms. The van der Waals surface area contributed by atoms with E-state index in [1.165, 1.54) is 17.0 Å². The first-order chi connectivity index (χ1) is 11.0. The van der Waals surface area contributed by atoms with Crippen molar-refractivity contribution in [3.8, 4) is 0 Å². The van der Waals surface area contributed by atoms with E-state index in [9.17, 15) is 24.8 Å². The van der Waals surface area contributed by atoms with Gasteiger partial charge in [-0.15, -0.1) is 0 Å². The van der Waals surface area contributed by atoms with E-state index in [2.05, 4.69) is 0 Å². The summed E-state index contributed by atoms with van der Waals surface area (Å²) in [6.45, 7) is 0.417. The Labute approximate surface area is 130 Å². The van der Waals surface area contributed by atoms with Gasteiger partial charge in [-0.3, -0.25) is 14.9 Å². The first-order valence-electron chi connectivity index (χ1n) is 6.91. The van der Waals surface area contributed by atoms with E-state index in [1.54, 1.807) is 12.1 Å². The minimum Gasteiger partial charge on any atom is -0.477 e. The Morgan fingerprint density at radius 2 is 1.87 bits per heavy atom. The molecule has 0 aliphatic carbocycles. The molecule has 7 heteroatoms. The van der Waals surface area contributed by atoms with Gasteiger partial charge in [0.05, 0.1) is 10.5 Å². The Balaban J connectivity index is 2.09. The molecule has 0 saturated carbocycles. The number of carbonyl (C=O) groups is 2. The Kier molecular flexibility index (Phi) is 3.53. The van der Waals surface area contributed by atoms with Crippen molar-refractivity contribution in [3.05, 3.63) is 69.3 Å². The maximum Gasteiger partial charge on any atom is 0.343 e. The number of fused-ring (bicyclic) bond motifs is 1. The summed E-state index contributed by atoms with van der Waals surface area (Å²) in [5, 5.41) is 20.3. The fourth-order valence-electron chi connectivity index (χ4n) is 2.79. The summed E-state index contributed by atoms with van der Waals surface area (Å²) in [5.74, 6) is -2.04. The number of hydrogen-bond acceptors (Lipinski definition) is 4. The third-order valence-electron chi connectivity index (χ3n) is 3.82. The Hall–Kier alpha value is -3.22. The number of carbonyl (C=O) groups excluding carboxylic acids is 1. The van der Waals surface area contributed by atoms with Crippen LogP contribution in [0, 0.1) is 10.1 Å². The highest BCUT2D eigenvalue weighted by atomic mass is 16.6. The maximum absolute atomic E-state index is 12.7. The van der Waals surface area contributed by atoms with Crippen LogP contribution in [-0.4, -0.2) is 28.5 Å². The fourth-order valence-corrected chi connectivity index (χ4v) is 2.79. The SMILES string of the molecule is O=C(O)c1c(C(=O)N2CCc3ccccc32)cccc1[N+](=O)[O-]. The number of nitro groups is 1. The molecule has 0 radical (unpaired) electrons. The van der Waals surface area contributed by atoms with Crippen molar-refractivity contribution in [2.45, 2.75) is 6.42 Å². The lowest BCUT2D eigenvalue weighted by Gasteiger charge is -2.18. The van der Waals surface area contributed by atoms with Crippen molar-refractivity contribution >= 4 is 23.3 Å². The summed E-state index contributed by atoms with van der Waals surface area (Å²) in [6.07, 6.45) is 0.666. The number of aromatic carboxylic acids is 1. The Morgan fingerprint density at radius 1 is 1.13 bits per heavy atom. The average Bonchev–Trinajstić information content (AvgIpc) is 2.97. The van der Waals surface area contributed by atoms with Gasteiger partial charge in [-0.05, 0) is 24.1 Å². The van der Waals surface area contributed by atoms with Crippen LogP contribution >= 0.6 is 0 Å².